The lowest BCUT2D eigenvalue weighted by Gasteiger charge is -1.91. The van der Waals surface area contributed by atoms with Crippen molar-refractivity contribution in [2.24, 2.45) is 0 Å². The second kappa shape index (κ2) is 3.77. The molecule has 1 aromatic rings. The number of rotatable bonds is 5. The number of hydrogen-bond donors (Lipinski definition) is 1. The summed E-state index contributed by atoms with van der Waals surface area (Å²) in [6.07, 6.45) is 3.54. The van der Waals surface area contributed by atoms with Gasteiger partial charge in [0.05, 0.1) is 0 Å². The molecule has 1 aliphatic carbocycles. The lowest BCUT2D eigenvalue weighted by atomic mass is 10.2. The van der Waals surface area contributed by atoms with Gasteiger partial charge in [0.1, 0.15) is 0 Å². The molecular formula is C9H12N2O3. The Kier molecular flexibility index (Phi) is 2.47. The van der Waals surface area contributed by atoms with Gasteiger partial charge < -0.3 is 9.52 Å². The summed E-state index contributed by atoms with van der Waals surface area (Å²) in [5, 5.41) is 16.2. The Morgan fingerprint density at radius 2 is 2.29 bits per heavy atom. The molecule has 0 spiro atoms. The summed E-state index contributed by atoms with van der Waals surface area (Å²) in [7, 11) is 0. The van der Waals surface area contributed by atoms with E-state index >= 15 is 0 Å². The number of aliphatic carboxylic acids is 1. The van der Waals surface area contributed by atoms with Crippen molar-refractivity contribution in [2.75, 3.05) is 0 Å². The van der Waals surface area contributed by atoms with Gasteiger partial charge in [0.2, 0.25) is 11.8 Å². The highest BCUT2D eigenvalue weighted by Gasteiger charge is 2.29. The largest absolute Gasteiger partial charge is 0.481 e. The van der Waals surface area contributed by atoms with Gasteiger partial charge in [-0.05, 0) is 19.3 Å². The first-order valence-electron chi connectivity index (χ1n) is 4.80. The van der Waals surface area contributed by atoms with Crippen LogP contribution in [0.1, 0.15) is 43.4 Å². The number of carboxylic acid groups (broad SMARTS) is 1. The molecule has 0 saturated heterocycles. The monoisotopic (exact) mass is 196 g/mol. The Hall–Kier alpha value is -1.39. The lowest BCUT2D eigenvalue weighted by molar-refractivity contribution is -0.137. The first-order valence-corrected chi connectivity index (χ1v) is 4.80. The molecule has 1 aromatic heterocycles. The molecule has 0 radical (unpaired) electrons. The normalized spacial score (nSPS) is 15.7. The standard InChI is InChI=1S/C9H12N2O3/c12-8(13)3-1-2-7-10-11-9(14-7)6-4-5-6/h6H,1-5H2,(H,12,13). The third kappa shape index (κ3) is 2.31. The van der Waals surface area contributed by atoms with Crippen molar-refractivity contribution < 1.29 is 14.3 Å². The third-order valence-corrected chi connectivity index (χ3v) is 2.19. The van der Waals surface area contributed by atoms with E-state index in [9.17, 15) is 4.79 Å². The Balaban J connectivity index is 1.80. The maximum Gasteiger partial charge on any atom is 0.303 e. The fraction of sp³-hybridized carbons (Fsp3) is 0.667. The van der Waals surface area contributed by atoms with Gasteiger partial charge in [-0.3, -0.25) is 4.79 Å². The number of carbonyl (C=O) groups is 1. The average molecular weight is 196 g/mol. The van der Waals surface area contributed by atoms with Crippen LogP contribution < -0.4 is 0 Å². The van der Waals surface area contributed by atoms with Crippen LogP contribution in [-0.2, 0) is 11.2 Å². The van der Waals surface area contributed by atoms with Gasteiger partial charge >= 0.3 is 5.97 Å². The van der Waals surface area contributed by atoms with Gasteiger partial charge in [0.25, 0.3) is 0 Å². The molecule has 0 unspecified atom stereocenters. The zero-order valence-electron chi connectivity index (χ0n) is 7.77. The molecule has 5 heteroatoms. The summed E-state index contributed by atoms with van der Waals surface area (Å²) in [4.78, 5) is 10.2. The van der Waals surface area contributed by atoms with Gasteiger partial charge in [0.15, 0.2) is 0 Å². The van der Waals surface area contributed by atoms with Crippen molar-refractivity contribution in [3.8, 4) is 0 Å². The SMILES string of the molecule is O=C(O)CCCc1nnc(C2CC2)o1. The summed E-state index contributed by atoms with van der Waals surface area (Å²) in [6, 6.07) is 0. The first-order chi connectivity index (χ1) is 6.75. The number of nitrogens with zero attached hydrogens (tertiary/aromatic N) is 2. The number of aromatic nitrogens is 2. The van der Waals surface area contributed by atoms with Crippen LogP contribution >= 0.6 is 0 Å². The molecule has 0 aromatic carbocycles. The Morgan fingerprint density at radius 1 is 1.50 bits per heavy atom. The van der Waals surface area contributed by atoms with Gasteiger partial charge in [-0.15, -0.1) is 10.2 Å². The predicted molar refractivity (Wildman–Crippen MR) is 46.8 cm³/mol. The molecule has 1 N–H and O–H groups in total. The molecule has 0 amide bonds. The van der Waals surface area contributed by atoms with Crippen LogP contribution in [0.2, 0.25) is 0 Å². The topological polar surface area (TPSA) is 76.2 Å². The minimum atomic E-state index is -0.785. The molecule has 5 nitrogen and oxygen atoms in total. The highest BCUT2D eigenvalue weighted by atomic mass is 16.4. The average Bonchev–Trinajstić information content (AvgIpc) is 2.87. The van der Waals surface area contributed by atoms with Crippen molar-refractivity contribution in [2.45, 2.75) is 38.0 Å². The van der Waals surface area contributed by atoms with Crippen molar-refractivity contribution in [1.82, 2.24) is 10.2 Å². The van der Waals surface area contributed by atoms with E-state index in [4.69, 9.17) is 9.52 Å². The number of aryl methyl sites for hydroxylation is 1. The third-order valence-electron chi connectivity index (χ3n) is 2.19. The van der Waals surface area contributed by atoms with Gasteiger partial charge in [0, 0.05) is 18.8 Å². The maximum absolute atomic E-state index is 10.2. The zero-order valence-corrected chi connectivity index (χ0v) is 7.77. The highest BCUT2D eigenvalue weighted by Crippen LogP contribution is 2.39. The summed E-state index contributed by atoms with van der Waals surface area (Å²) < 4.78 is 5.37. The van der Waals surface area contributed by atoms with E-state index in [0.717, 1.165) is 18.7 Å². The van der Waals surface area contributed by atoms with Crippen LogP contribution in [0, 0.1) is 0 Å². The smallest absolute Gasteiger partial charge is 0.303 e. The van der Waals surface area contributed by atoms with Crippen LogP contribution in [0.5, 0.6) is 0 Å². The minimum Gasteiger partial charge on any atom is -0.481 e. The molecule has 0 atom stereocenters. The van der Waals surface area contributed by atoms with Gasteiger partial charge in [-0.25, -0.2) is 0 Å². The highest BCUT2D eigenvalue weighted by molar-refractivity contribution is 5.66. The molecule has 0 bridgehead atoms. The molecule has 2 rings (SSSR count). The van der Waals surface area contributed by atoms with Crippen LogP contribution in [-0.4, -0.2) is 21.3 Å². The molecule has 1 saturated carbocycles. The molecule has 0 aliphatic heterocycles. The van der Waals surface area contributed by atoms with E-state index in [-0.39, 0.29) is 6.42 Å². The van der Waals surface area contributed by atoms with E-state index in [1.165, 1.54) is 0 Å². The molecule has 1 fully saturated rings. The van der Waals surface area contributed by atoms with E-state index in [1.54, 1.807) is 0 Å². The van der Waals surface area contributed by atoms with E-state index in [1.807, 2.05) is 0 Å². The quantitative estimate of drug-likeness (QED) is 0.769. The van der Waals surface area contributed by atoms with Crippen LogP contribution in [0.3, 0.4) is 0 Å². The summed E-state index contributed by atoms with van der Waals surface area (Å²) in [6.45, 7) is 0. The Bertz CT molecular complexity index is 331. The maximum atomic E-state index is 10.2. The Morgan fingerprint density at radius 3 is 2.93 bits per heavy atom. The molecule has 76 valence electrons. The molecule has 14 heavy (non-hydrogen) atoms. The number of hydrogen-bond acceptors (Lipinski definition) is 4. The van der Waals surface area contributed by atoms with Crippen molar-refractivity contribution in [1.29, 1.82) is 0 Å². The first kappa shape index (κ1) is 9.18. The van der Waals surface area contributed by atoms with Crippen LogP contribution in [0.25, 0.3) is 0 Å². The molecule has 1 heterocycles. The van der Waals surface area contributed by atoms with Crippen LogP contribution in [0.15, 0.2) is 4.42 Å². The van der Waals surface area contributed by atoms with Gasteiger partial charge in [-0.2, -0.15) is 0 Å². The van der Waals surface area contributed by atoms with Gasteiger partial charge in [-0.1, -0.05) is 0 Å². The van der Waals surface area contributed by atoms with E-state index in [0.29, 0.717) is 24.7 Å². The molecular weight excluding hydrogens is 184 g/mol. The van der Waals surface area contributed by atoms with E-state index < -0.39 is 5.97 Å². The molecule has 1 aliphatic rings. The predicted octanol–water partition coefficient (Wildman–Crippen LogP) is 1.35. The number of carboxylic acids is 1. The van der Waals surface area contributed by atoms with E-state index in [2.05, 4.69) is 10.2 Å². The lowest BCUT2D eigenvalue weighted by Crippen LogP contribution is -1.95. The minimum absolute atomic E-state index is 0.154. The second-order valence-corrected chi connectivity index (χ2v) is 3.56. The summed E-state index contributed by atoms with van der Waals surface area (Å²) in [5.41, 5.74) is 0. The Labute approximate surface area is 81.1 Å². The van der Waals surface area contributed by atoms with Crippen molar-refractivity contribution in [3.63, 3.8) is 0 Å². The summed E-state index contributed by atoms with van der Waals surface area (Å²) in [5.74, 6) is 0.964. The second-order valence-electron chi connectivity index (χ2n) is 3.56. The van der Waals surface area contributed by atoms with Crippen LogP contribution in [0.4, 0.5) is 0 Å². The fourth-order valence-corrected chi connectivity index (χ4v) is 1.25. The zero-order chi connectivity index (χ0) is 9.97. The summed E-state index contributed by atoms with van der Waals surface area (Å²) >= 11 is 0. The van der Waals surface area contributed by atoms with Crippen molar-refractivity contribution in [3.05, 3.63) is 11.8 Å². The fourth-order valence-electron chi connectivity index (χ4n) is 1.25. The van der Waals surface area contributed by atoms with Crippen molar-refractivity contribution >= 4 is 5.97 Å².